The average Bonchev–Trinajstić information content (AvgIpc) is 2.45. The normalized spacial score (nSPS) is 21.3. The van der Waals surface area contributed by atoms with E-state index in [0.717, 1.165) is 12.8 Å². The van der Waals surface area contributed by atoms with Crippen molar-refractivity contribution in [2.24, 2.45) is 11.3 Å². The van der Waals surface area contributed by atoms with Gasteiger partial charge in [0.25, 0.3) is 0 Å². The number of halogens is 1. The molecule has 0 fully saturated rings. The smallest absolute Gasteiger partial charge is 0.178 e. The summed E-state index contributed by atoms with van der Waals surface area (Å²) in [6.07, 6.45) is 11.0. The number of carbonyl (C=O) groups is 1. The van der Waals surface area contributed by atoms with Crippen molar-refractivity contribution < 1.29 is 9.18 Å². The van der Waals surface area contributed by atoms with Crippen molar-refractivity contribution in [3.05, 3.63) is 65.5 Å². The van der Waals surface area contributed by atoms with Crippen LogP contribution in [-0.4, -0.2) is 5.78 Å². The van der Waals surface area contributed by atoms with E-state index in [0.29, 0.717) is 5.56 Å². The second kappa shape index (κ2) is 6.87. The summed E-state index contributed by atoms with van der Waals surface area (Å²) >= 11 is 0. The number of rotatable bonds is 4. The maximum atomic E-state index is 13.5. The Balaban J connectivity index is 2.07. The summed E-state index contributed by atoms with van der Waals surface area (Å²) in [5.74, 6) is -0.146. The molecule has 2 rings (SSSR count). The van der Waals surface area contributed by atoms with Crippen LogP contribution in [-0.2, 0) is 4.79 Å². The third kappa shape index (κ3) is 4.03. The molecule has 0 spiro atoms. The van der Waals surface area contributed by atoms with Gasteiger partial charge < -0.3 is 0 Å². The molecule has 22 heavy (non-hydrogen) atoms. The molecule has 0 radical (unpaired) electrons. The van der Waals surface area contributed by atoms with Crippen LogP contribution >= 0.6 is 0 Å². The molecular weight excluding hydrogens is 275 g/mol. The van der Waals surface area contributed by atoms with Crippen molar-refractivity contribution >= 4 is 11.9 Å². The first-order chi connectivity index (χ1) is 10.4. The van der Waals surface area contributed by atoms with Crippen molar-refractivity contribution in [1.29, 1.82) is 0 Å². The molecule has 0 heterocycles. The number of allylic oxidation sites excluding steroid dienone is 5. The Kier molecular flexibility index (Phi) is 5.12. The van der Waals surface area contributed by atoms with Gasteiger partial charge in [-0.15, -0.1) is 0 Å². The fraction of sp³-hybridized carbons (Fsp3) is 0.350. The largest absolute Gasteiger partial charge is 0.290 e. The molecule has 0 saturated carbocycles. The van der Waals surface area contributed by atoms with Crippen LogP contribution in [0, 0.1) is 17.2 Å². The van der Waals surface area contributed by atoms with E-state index in [1.54, 1.807) is 24.3 Å². The van der Waals surface area contributed by atoms with E-state index in [1.165, 1.54) is 23.8 Å². The first-order valence-electron chi connectivity index (χ1n) is 7.71. The Morgan fingerprint density at radius 1 is 1.27 bits per heavy atom. The zero-order chi connectivity index (χ0) is 16.2. The first kappa shape index (κ1) is 16.4. The summed E-state index contributed by atoms with van der Waals surface area (Å²) in [6, 6.07) is 6.43. The lowest BCUT2D eigenvalue weighted by molar-refractivity contribution is -0.110. The summed E-state index contributed by atoms with van der Waals surface area (Å²) in [6.45, 7) is 6.59. The van der Waals surface area contributed by atoms with Gasteiger partial charge in [0.2, 0.25) is 0 Å². The Bertz CT molecular complexity index is 635. The lowest BCUT2D eigenvalue weighted by Gasteiger charge is -2.36. The predicted molar refractivity (Wildman–Crippen MR) is 89.8 cm³/mol. The van der Waals surface area contributed by atoms with E-state index in [1.807, 2.05) is 6.08 Å². The van der Waals surface area contributed by atoms with Crippen LogP contribution in [0.25, 0.3) is 6.08 Å². The molecule has 1 atom stereocenters. The zero-order valence-electron chi connectivity index (χ0n) is 13.5. The lowest BCUT2D eigenvalue weighted by Crippen LogP contribution is -2.26. The number of hydrogen-bond donors (Lipinski definition) is 0. The molecule has 1 aromatic rings. The first-order valence-corrected chi connectivity index (χ1v) is 7.71. The van der Waals surface area contributed by atoms with Crippen LogP contribution in [0.5, 0.6) is 0 Å². The van der Waals surface area contributed by atoms with Crippen LogP contribution < -0.4 is 0 Å². The van der Waals surface area contributed by atoms with Gasteiger partial charge in [0, 0.05) is 11.5 Å². The van der Waals surface area contributed by atoms with E-state index in [-0.39, 0.29) is 22.9 Å². The van der Waals surface area contributed by atoms with Crippen molar-refractivity contribution in [3.8, 4) is 0 Å². The summed E-state index contributed by atoms with van der Waals surface area (Å²) in [5, 5.41) is 0. The van der Waals surface area contributed by atoms with Crippen molar-refractivity contribution in [2.45, 2.75) is 33.6 Å². The summed E-state index contributed by atoms with van der Waals surface area (Å²) in [7, 11) is 0. The van der Waals surface area contributed by atoms with Gasteiger partial charge in [-0.1, -0.05) is 49.8 Å². The van der Waals surface area contributed by atoms with Crippen molar-refractivity contribution in [3.63, 3.8) is 0 Å². The maximum Gasteiger partial charge on any atom is 0.178 e. The molecule has 1 aromatic carbocycles. The van der Waals surface area contributed by atoms with Crippen molar-refractivity contribution in [2.75, 3.05) is 0 Å². The highest BCUT2D eigenvalue weighted by atomic mass is 19.1. The maximum absolute atomic E-state index is 13.5. The average molecular weight is 298 g/mol. The topological polar surface area (TPSA) is 17.1 Å². The second-order valence-corrected chi connectivity index (χ2v) is 6.57. The fourth-order valence-corrected chi connectivity index (χ4v) is 3.01. The third-order valence-corrected chi connectivity index (χ3v) is 4.37. The second-order valence-electron chi connectivity index (χ2n) is 6.57. The number of hydrogen-bond acceptors (Lipinski definition) is 1. The Hall–Kier alpha value is -1.96. The van der Waals surface area contributed by atoms with Gasteiger partial charge in [-0.05, 0) is 49.5 Å². The molecule has 0 bridgehead atoms. The van der Waals surface area contributed by atoms with Gasteiger partial charge in [-0.2, -0.15) is 0 Å². The number of benzene rings is 1. The minimum atomic E-state index is -0.317. The molecule has 2 heteroatoms. The highest BCUT2D eigenvalue weighted by molar-refractivity contribution is 6.02. The van der Waals surface area contributed by atoms with Gasteiger partial charge in [0.05, 0.1) is 0 Å². The molecule has 1 aliphatic carbocycles. The monoisotopic (exact) mass is 298 g/mol. The van der Waals surface area contributed by atoms with Gasteiger partial charge in [0.1, 0.15) is 5.82 Å². The zero-order valence-corrected chi connectivity index (χ0v) is 13.5. The van der Waals surface area contributed by atoms with Crippen LogP contribution in [0.4, 0.5) is 4.39 Å². The summed E-state index contributed by atoms with van der Waals surface area (Å²) in [4.78, 5) is 12.0. The Morgan fingerprint density at radius 2 is 2.00 bits per heavy atom. The van der Waals surface area contributed by atoms with E-state index in [9.17, 15) is 9.18 Å². The standard InChI is InChI=1S/C20H23FO/c1-15-7-6-14-20(2,3)18(15)13-12-17(22)11-10-16-8-4-5-9-19(16)21/h4-5,7-13,18H,6,14H2,1-3H3/b11-10+,13-12+. The summed E-state index contributed by atoms with van der Waals surface area (Å²) in [5.41, 5.74) is 1.92. The minimum absolute atomic E-state index is 0.113. The van der Waals surface area contributed by atoms with E-state index < -0.39 is 0 Å². The SMILES string of the molecule is CC1=CCCC(C)(C)C1/C=C/C(=O)/C=C/c1ccccc1F. The van der Waals surface area contributed by atoms with E-state index >= 15 is 0 Å². The molecular formula is C20H23FO. The van der Waals surface area contributed by atoms with Crippen LogP contribution in [0.3, 0.4) is 0 Å². The van der Waals surface area contributed by atoms with Gasteiger partial charge in [0.15, 0.2) is 5.78 Å². The molecule has 0 aliphatic heterocycles. The highest BCUT2D eigenvalue weighted by Crippen LogP contribution is 2.41. The van der Waals surface area contributed by atoms with Gasteiger partial charge >= 0.3 is 0 Å². The van der Waals surface area contributed by atoms with Crippen LogP contribution in [0.15, 0.2) is 54.1 Å². The van der Waals surface area contributed by atoms with E-state index in [2.05, 4.69) is 26.8 Å². The van der Waals surface area contributed by atoms with Gasteiger partial charge in [-0.3, -0.25) is 4.79 Å². The molecule has 116 valence electrons. The number of carbonyl (C=O) groups excluding carboxylic acids is 1. The molecule has 0 N–H and O–H groups in total. The van der Waals surface area contributed by atoms with E-state index in [4.69, 9.17) is 0 Å². The van der Waals surface area contributed by atoms with Crippen molar-refractivity contribution in [1.82, 2.24) is 0 Å². The fourth-order valence-electron chi connectivity index (χ4n) is 3.01. The quantitative estimate of drug-likeness (QED) is 0.541. The van der Waals surface area contributed by atoms with Crippen LogP contribution in [0.1, 0.15) is 39.2 Å². The lowest BCUT2D eigenvalue weighted by atomic mass is 9.68. The molecule has 1 aliphatic rings. The minimum Gasteiger partial charge on any atom is -0.290 e. The molecule has 0 saturated heterocycles. The Labute approximate surface area is 132 Å². The molecule has 0 amide bonds. The predicted octanol–water partition coefficient (Wildman–Crippen LogP) is 5.35. The molecule has 1 unspecified atom stereocenters. The molecule has 1 nitrogen and oxygen atoms in total. The third-order valence-electron chi connectivity index (χ3n) is 4.37. The van der Waals surface area contributed by atoms with Crippen LogP contribution in [0.2, 0.25) is 0 Å². The van der Waals surface area contributed by atoms with Gasteiger partial charge in [-0.25, -0.2) is 4.39 Å². The number of ketones is 1. The molecule has 0 aromatic heterocycles. The Morgan fingerprint density at radius 3 is 2.68 bits per heavy atom. The highest BCUT2D eigenvalue weighted by Gasteiger charge is 2.30. The summed E-state index contributed by atoms with van der Waals surface area (Å²) < 4.78 is 13.5.